The first kappa shape index (κ1) is 26.1. The monoisotopic (exact) mass is 534 g/mol. The van der Waals surface area contributed by atoms with Gasteiger partial charge in [0.2, 0.25) is 11.8 Å². The molecule has 5 rings (SSSR count). The Morgan fingerprint density at radius 3 is 2.63 bits per heavy atom. The molecule has 1 aromatic heterocycles. The largest absolute Gasteiger partial charge is 0.467 e. The van der Waals surface area contributed by atoms with Crippen LogP contribution in [0.15, 0.2) is 24.3 Å². The number of piperidine rings is 1. The number of halogens is 3. The van der Waals surface area contributed by atoms with E-state index in [2.05, 4.69) is 15.6 Å². The minimum absolute atomic E-state index is 0.0227. The Kier molecular flexibility index (Phi) is 6.18. The van der Waals surface area contributed by atoms with E-state index >= 15 is 0 Å². The molecule has 1 aliphatic carbocycles. The zero-order valence-corrected chi connectivity index (χ0v) is 21.1. The fraction of sp³-hybridized carbons (Fsp3) is 0.538. The molecule has 3 amide bonds. The number of hydrogen-bond donors (Lipinski definition) is 3. The van der Waals surface area contributed by atoms with Crippen molar-refractivity contribution in [2.75, 3.05) is 20.2 Å². The minimum Gasteiger partial charge on any atom is -0.467 e. The van der Waals surface area contributed by atoms with Gasteiger partial charge < -0.3 is 25.3 Å². The number of fused-ring (bicyclic) bond motifs is 2. The van der Waals surface area contributed by atoms with Crippen LogP contribution in [0.4, 0.5) is 13.2 Å². The van der Waals surface area contributed by atoms with Gasteiger partial charge in [-0.05, 0) is 42.2 Å². The molecular formula is C26H29F3N4O5. The van der Waals surface area contributed by atoms with Crippen LogP contribution in [-0.2, 0) is 25.3 Å². The Labute approximate surface area is 216 Å². The van der Waals surface area contributed by atoms with Crippen LogP contribution in [0, 0.1) is 23.2 Å². The highest BCUT2D eigenvalue weighted by Gasteiger charge is 2.69. The molecule has 3 fully saturated rings. The van der Waals surface area contributed by atoms with Crippen molar-refractivity contribution in [3.63, 3.8) is 0 Å². The molecule has 1 aromatic carbocycles. The number of nitrogens with one attached hydrogen (secondary N) is 3. The van der Waals surface area contributed by atoms with Gasteiger partial charge in [0.05, 0.1) is 18.2 Å². The zero-order chi connectivity index (χ0) is 27.6. The molecule has 2 aromatic rings. The first-order valence-electron chi connectivity index (χ1n) is 12.5. The van der Waals surface area contributed by atoms with E-state index in [-0.39, 0.29) is 52.7 Å². The number of likely N-dealkylation sites (tertiary alicyclic amines) is 1. The Bertz CT molecular complexity index is 1320. The summed E-state index contributed by atoms with van der Waals surface area (Å²) in [7, 11) is 1.19. The van der Waals surface area contributed by atoms with Crippen molar-refractivity contribution >= 4 is 34.6 Å². The van der Waals surface area contributed by atoms with E-state index < -0.39 is 47.5 Å². The number of hydrogen-bond acceptors (Lipinski definition) is 5. The summed E-state index contributed by atoms with van der Waals surface area (Å²) in [4.78, 5) is 55.7. The van der Waals surface area contributed by atoms with E-state index in [1.165, 1.54) is 30.2 Å². The second-order valence-electron chi connectivity index (χ2n) is 10.9. The molecule has 2 aliphatic heterocycles. The highest BCUT2D eigenvalue weighted by Crippen LogP contribution is 2.65. The van der Waals surface area contributed by atoms with E-state index in [1.54, 1.807) is 0 Å². The van der Waals surface area contributed by atoms with Gasteiger partial charge in [-0.2, -0.15) is 13.2 Å². The van der Waals surface area contributed by atoms with Gasteiger partial charge in [-0.25, -0.2) is 4.79 Å². The Balaban J connectivity index is 1.41. The number of rotatable bonds is 6. The average Bonchev–Trinajstić information content (AvgIpc) is 3.37. The first-order chi connectivity index (χ1) is 17.8. The van der Waals surface area contributed by atoms with Crippen molar-refractivity contribution in [3.8, 4) is 0 Å². The third-order valence-electron chi connectivity index (χ3n) is 8.42. The summed E-state index contributed by atoms with van der Waals surface area (Å²) < 4.78 is 45.3. The van der Waals surface area contributed by atoms with Crippen molar-refractivity contribution in [2.45, 2.75) is 44.9 Å². The molecule has 3 heterocycles. The van der Waals surface area contributed by atoms with E-state index in [0.717, 1.165) is 6.07 Å². The van der Waals surface area contributed by atoms with Crippen molar-refractivity contribution in [1.82, 2.24) is 20.5 Å². The van der Waals surface area contributed by atoms with Gasteiger partial charge in [-0.3, -0.25) is 14.4 Å². The number of methoxy groups -OCH3 is 1. The van der Waals surface area contributed by atoms with Gasteiger partial charge in [-0.1, -0.05) is 26.0 Å². The summed E-state index contributed by atoms with van der Waals surface area (Å²) in [5, 5.41) is 5.63. The predicted molar refractivity (Wildman–Crippen MR) is 129 cm³/mol. The van der Waals surface area contributed by atoms with E-state index in [0.29, 0.717) is 13.0 Å². The van der Waals surface area contributed by atoms with E-state index in [4.69, 9.17) is 4.74 Å². The molecule has 1 saturated carbocycles. The summed E-state index contributed by atoms with van der Waals surface area (Å²) in [6.07, 6.45) is -4.02. The number of aromatic nitrogens is 1. The normalized spacial score (nSPS) is 26.6. The van der Waals surface area contributed by atoms with Gasteiger partial charge in [0.1, 0.15) is 17.8 Å². The highest BCUT2D eigenvalue weighted by atomic mass is 19.4. The highest BCUT2D eigenvalue weighted by molar-refractivity contribution is 6.02. The third kappa shape index (κ3) is 4.29. The quantitative estimate of drug-likeness (QED) is 0.492. The number of aromatic amines is 1. The molecule has 3 aliphatic rings. The molecule has 204 valence electrons. The first-order valence-corrected chi connectivity index (χ1v) is 12.5. The third-order valence-corrected chi connectivity index (χ3v) is 8.42. The summed E-state index contributed by atoms with van der Waals surface area (Å²) >= 11 is 0. The number of amides is 3. The van der Waals surface area contributed by atoms with Gasteiger partial charge in [-0.15, -0.1) is 0 Å². The summed E-state index contributed by atoms with van der Waals surface area (Å²) in [6, 6.07) is 3.03. The van der Waals surface area contributed by atoms with E-state index in [1.807, 2.05) is 13.8 Å². The molecule has 2 saturated heterocycles. The smallest absolute Gasteiger partial charge is 0.418 e. The van der Waals surface area contributed by atoms with Crippen LogP contribution in [0.3, 0.4) is 0 Å². The second-order valence-corrected chi connectivity index (χ2v) is 10.9. The summed E-state index contributed by atoms with van der Waals surface area (Å²) in [5.74, 6) is -2.68. The minimum atomic E-state index is -4.61. The standard InChI is InChI=1S/C26H29F3N4O5/c1-25(2)15-11-33(23(36)16-9-12-5-4-6-14(19(12)31-16)26(27,28)29)20(18(15)25)22(35)32-17(24(37)38-3)10-13-7-8-30-21(13)34/h4-6,9,13,15,17-18,20,31H,7-8,10-11H2,1-3H3,(H,30,34)(H,32,35)/t13-,15-,17-,18-,20-/m0/s1. The van der Waals surface area contributed by atoms with Crippen LogP contribution in [0.5, 0.6) is 0 Å². The molecule has 9 nitrogen and oxygen atoms in total. The Morgan fingerprint density at radius 1 is 1.26 bits per heavy atom. The molecule has 0 spiro atoms. The number of para-hydroxylation sites is 1. The molecule has 0 radical (unpaired) electrons. The lowest BCUT2D eigenvalue weighted by atomic mass is 9.96. The number of benzene rings is 1. The van der Waals surface area contributed by atoms with Crippen LogP contribution in [0.2, 0.25) is 0 Å². The molecule has 12 heteroatoms. The average molecular weight is 535 g/mol. The lowest BCUT2D eigenvalue weighted by molar-refractivity contribution is -0.146. The Morgan fingerprint density at radius 2 is 2.00 bits per heavy atom. The van der Waals surface area contributed by atoms with Gasteiger partial charge in [0, 0.05) is 24.4 Å². The number of esters is 1. The lowest BCUT2D eigenvalue weighted by Gasteiger charge is -2.31. The fourth-order valence-electron chi connectivity index (χ4n) is 6.23. The molecule has 0 bridgehead atoms. The summed E-state index contributed by atoms with van der Waals surface area (Å²) in [6.45, 7) is 4.71. The predicted octanol–water partition coefficient (Wildman–Crippen LogP) is 2.47. The lowest BCUT2D eigenvalue weighted by Crippen LogP contribution is -2.54. The molecule has 0 unspecified atom stereocenters. The van der Waals surface area contributed by atoms with Gasteiger partial charge in [0.25, 0.3) is 5.91 Å². The Hall–Kier alpha value is -3.57. The number of ether oxygens (including phenoxy) is 1. The van der Waals surface area contributed by atoms with Gasteiger partial charge in [0.15, 0.2) is 0 Å². The van der Waals surface area contributed by atoms with Crippen LogP contribution >= 0.6 is 0 Å². The van der Waals surface area contributed by atoms with Crippen LogP contribution in [-0.4, -0.2) is 65.9 Å². The molecule has 5 atom stereocenters. The number of carbonyl (C=O) groups excluding carboxylic acids is 4. The van der Waals surface area contributed by atoms with Crippen molar-refractivity contribution in [2.24, 2.45) is 23.2 Å². The van der Waals surface area contributed by atoms with Crippen LogP contribution in [0.25, 0.3) is 10.9 Å². The number of alkyl halides is 3. The molecule has 3 N–H and O–H groups in total. The maximum Gasteiger partial charge on any atom is 0.418 e. The fourth-order valence-corrected chi connectivity index (χ4v) is 6.23. The maximum absolute atomic E-state index is 13.6. The second kappa shape index (κ2) is 9.02. The topological polar surface area (TPSA) is 121 Å². The van der Waals surface area contributed by atoms with Crippen LogP contribution < -0.4 is 10.6 Å². The van der Waals surface area contributed by atoms with Gasteiger partial charge >= 0.3 is 12.1 Å². The molecule has 38 heavy (non-hydrogen) atoms. The number of nitrogens with zero attached hydrogens (tertiary/aromatic N) is 1. The number of carbonyl (C=O) groups is 4. The maximum atomic E-state index is 13.6. The van der Waals surface area contributed by atoms with Crippen molar-refractivity contribution < 1.29 is 37.1 Å². The SMILES string of the molecule is COC(=O)[C@H](C[C@@H]1CCNC1=O)NC(=O)[C@@H]1[C@@H]2[C@H](CN1C(=O)c1cc3cccc(C(F)(F)F)c3[nH]1)C2(C)C. The van der Waals surface area contributed by atoms with Crippen molar-refractivity contribution in [3.05, 3.63) is 35.5 Å². The number of H-pyrrole nitrogens is 1. The van der Waals surface area contributed by atoms with E-state index in [9.17, 15) is 32.3 Å². The summed E-state index contributed by atoms with van der Waals surface area (Å²) in [5.41, 5.74) is -1.37. The zero-order valence-electron chi connectivity index (χ0n) is 21.1. The van der Waals surface area contributed by atoms with Crippen molar-refractivity contribution in [1.29, 1.82) is 0 Å². The van der Waals surface area contributed by atoms with Crippen LogP contribution in [0.1, 0.15) is 42.7 Å². The molecular weight excluding hydrogens is 505 g/mol.